The zero-order valence-electron chi connectivity index (χ0n) is 22.2. The molecule has 4 atom stereocenters. The molecule has 0 saturated heterocycles. The molecule has 2 amide bonds. The number of unbranched alkanes of at least 4 members (excludes halogenated alkanes) is 2. The van der Waals surface area contributed by atoms with Gasteiger partial charge in [-0.2, -0.15) is 0 Å². The highest BCUT2D eigenvalue weighted by molar-refractivity contribution is 5.83. The molecule has 7 N–H and O–H groups in total. The first-order chi connectivity index (χ1) is 16.7. The monoisotopic (exact) mass is 505 g/mol. The van der Waals surface area contributed by atoms with Crippen molar-refractivity contribution in [2.24, 2.45) is 0 Å². The van der Waals surface area contributed by atoms with E-state index >= 15 is 0 Å². The van der Waals surface area contributed by atoms with Gasteiger partial charge in [0.15, 0.2) is 12.2 Å². The van der Waals surface area contributed by atoms with E-state index in [1.807, 2.05) is 7.05 Å². The maximum atomic E-state index is 12.2. The van der Waals surface area contributed by atoms with Gasteiger partial charge >= 0.3 is 0 Å². The van der Waals surface area contributed by atoms with Gasteiger partial charge < -0.3 is 46.2 Å². The smallest absolute Gasteiger partial charge is 0.251 e. The first-order valence-electron chi connectivity index (χ1n) is 13.1. The molecule has 35 heavy (non-hydrogen) atoms. The zero-order chi connectivity index (χ0) is 26.6. The van der Waals surface area contributed by atoms with Crippen molar-refractivity contribution in [3.8, 4) is 0 Å². The second-order valence-electron chi connectivity index (χ2n) is 8.95. The van der Waals surface area contributed by atoms with Crippen LogP contribution in [0, 0.1) is 0 Å². The topological polar surface area (TPSA) is 158 Å². The molecule has 0 radical (unpaired) electrons. The number of aliphatic hydroxyl groups excluding tert-OH is 4. The minimum absolute atomic E-state index is 0.248. The summed E-state index contributed by atoms with van der Waals surface area (Å²) in [6.45, 7) is 12.3. The van der Waals surface area contributed by atoms with Crippen LogP contribution in [0.2, 0.25) is 0 Å². The van der Waals surface area contributed by atoms with Crippen LogP contribution < -0.4 is 16.0 Å². The Morgan fingerprint density at radius 3 is 1.46 bits per heavy atom. The summed E-state index contributed by atoms with van der Waals surface area (Å²) in [5.41, 5.74) is 0. The van der Waals surface area contributed by atoms with E-state index in [1.165, 1.54) is 0 Å². The molecule has 0 heterocycles. The summed E-state index contributed by atoms with van der Waals surface area (Å²) in [6.07, 6.45) is -2.71. The molecule has 0 bridgehead atoms. The van der Waals surface area contributed by atoms with Crippen molar-refractivity contribution in [1.29, 1.82) is 0 Å². The van der Waals surface area contributed by atoms with E-state index < -0.39 is 36.2 Å². The highest BCUT2D eigenvalue weighted by Crippen LogP contribution is 2.06. The highest BCUT2D eigenvalue weighted by atomic mass is 16.4. The predicted molar refractivity (Wildman–Crippen MR) is 137 cm³/mol. The molecule has 0 aromatic heterocycles. The van der Waals surface area contributed by atoms with Crippen molar-refractivity contribution in [2.45, 2.75) is 77.3 Å². The van der Waals surface area contributed by atoms with Crippen LogP contribution >= 0.6 is 0 Å². The molecule has 0 aliphatic carbocycles. The normalized spacial score (nSPS) is 15.1. The molecule has 208 valence electrons. The molecule has 0 unspecified atom stereocenters. The Bertz CT molecular complexity index is 556. The maximum Gasteiger partial charge on any atom is 0.251 e. The molecule has 0 aromatic carbocycles. The summed E-state index contributed by atoms with van der Waals surface area (Å²) in [5, 5.41) is 48.7. The molecule has 0 aromatic rings. The molecular formula is C24H51N5O6. The summed E-state index contributed by atoms with van der Waals surface area (Å²) < 4.78 is 0. The lowest BCUT2D eigenvalue weighted by atomic mass is 10.0. The molecule has 0 rings (SSSR count). The van der Waals surface area contributed by atoms with E-state index in [0.717, 1.165) is 64.8 Å². The van der Waals surface area contributed by atoms with Crippen molar-refractivity contribution in [3.63, 3.8) is 0 Å². The first kappa shape index (κ1) is 33.7. The van der Waals surface area contributed by atoms with Gasteiger partial charge in [-0.3, -0.25) is 9.59 Å². The molecule has 0 fully saturated rings. The van der Waals surface area contributed by atoms with Crippen LogP contribution in [0.15, 0.2) is 0 Å². The maximum absolute atomic E-state index is 12.2. The number of hydrogen-bond acceptors (Lipinski definition) is 9. The Hall–Kier alpha value is -1.34. The van der Waals surface area contributed by atoms with Gasteiger partial charge in [0, 0.05) is 39.3 Å². The second kappa shape index (κ2) is 20.8. The number of likely N-dealkylation sites (N-methyl/N-ethyl adjacent to an activating group) is 1. The molecule has 0 spiro atoms. The Morgan fingerprint density at radius 2 is 1.06 bits per heavy atom. The lowest BCUT2D eigenvalue weighted by Gasteiger charge is -2.26. The number of nitrogens with zero attached hydrogens (tertiary/aromatic N) is 2. The number of rotatable bonds is 22. The van der Waals surface area contributed by atoms with Crippen molar-refractivity contribution >= 4 is 11.8 Å². The van der Waals surface area contributed by atoms with Crippen LogP contribution in [-0.2, 0) is 9.59 Å². The molecule has 0 aliphatic heterocycles. The van der Waals surface area contributed by atoms with Gasteiger partial charge in [0.25, 0.3) is 11.8 Å². The van der Waals surface area contributed by atoms with Crippen LogP contribution in [0.4, 0.5) is 0 Å². The van der Waals surface area contributed by atoms with Crippen LogP contribution in [0.3, 0.4) is 0 Å². The average molecular weight is 506 g/mol. The minimum Gasteiger partial charge on any atom is -0.387 e. The summed E-state index contributed by atoms with van der Waals surface area (Å²) in [4.78, 5) is 28.8. The average Bonchev–Trinajstić information content (AvgIpc) is 2.85. The zero-order valence-corrected chi connectivity index (χ0v) is 22.2. The second-order valence-corrected chi connectivity index (χ2v) is 8.95. The van der Waals surface area contributed by atoms with E-state index in [1.54, 1.807) is 0 Å². The van der Waals surface area contributed by atoms with E-state index in [9.17, 15) is 30.0 Å². The van der Waals surface area contributed by atoms with Crippen LogP contribution in [0.25, 0.3) is 0 Å². The number of hydrogen-bond donors (Lipinski definition) is 7. The Balaban J connectivity index is 4.53. The SMILES string of the molecule is CCCCCN(CCC)CCNC(=O)[C@H](O)[C@H](O)[C@@H](O)[C@H](O)C(=O)NCCN(CCC)CCNC. The molecule has 0 saturated carbocycles. The predicted octanol–water partition coefficient (Wildman–Crippen LogP) is -1.50. The van der Waals surface area contributed by atoms with Crippen LogP contribution in [0.1, 0.15) is 52.9 Å². The van der Waals surface area contributed by atoms with Gasteiger partial charge in [-0.15, -0.1) is 0 Å². The Morgan fingerprint density at radius 1 is 0.629 bits per heavy atom. The van der Waals surface area contributed by atoms with Crippen molar-refractivity contribution < 1.29 is 30.0 Å². The fraction of sp³-hybridized carbons (Fsp3) is 0.917. The van der Waals surface area contributed by atoms with Crippen LogP contribution in [0.5, 0.6) is 0 Å². The number of carbonyl (C=O) groups is 2. The summed E-state index contributed by atoms with van der Waals surface area (Å²) in [6, 6.07) is 0. The standard InChI is InChI=1S/C24H51N5O6/c1-5-8-9-15-28(13-6-2)17-11-26-23(34)21(32)19(30)20(31)22(33)24(35)27-12-18-29(14-7-3)16-10-25-4/h19-22,25,30-33H,5-18H2,1-4H3,(H,26,34)(H,27,35)/t19-,20-,21-,22+/m1/s1. The van der Waals surface area contributed by atoms with E-state index in [0.29, 0.717) is 13.1 Å². The van der Waals surface area contributed by atoms with Gasteiger partial charge in [0.1, 0.15) is 12.2 Å². The van der Waals surface area contributed by atoms with Gasteiger partial charge in [0.05, 0.1) is 0 Å². The lowest BCUT2D eigenvalue weighted by molar-refractivity contribution is -0.155. The molecule has 11 nitrogen and oxygen atoms in total. The molecular weight excluding hydrogens is 454 g/mol. The lowest BCUT2D eigenvalue weighted by Crippen LogP contribution is -2.55. The van der Waals surface area contributed by atoms with Gasteiger partial charge in [0.2, 0.25) is 0 Å². The third-order valence-electron chi connectivity index (χ3n) is 5.82. The number of carbonyl (C=O) groups excluding carboxylic acids is 2. The summed E-state index contributed by atoms with van der Waals surface area (Å²) >= 11 is 0. The minimum atomic E-state index is -2.02. The fourth-order valence-electron chi connectivity index (χ4n) is 3.73. The van der Waals surface area contributed by atoms with Crippen molar-refractivity contribution in [3.05, 3.63) is 0 Å². The summed E-state index contributed by atoms with van der Waals surface area (Å²) in [5.74, 6) is -1.74. The van der Waals surface area contributed by atoms with Gasteiger partial charge in [-0.25, -0.2) is 0 Å². The highest BCUT2D eigenvalue weighted by Gasteiger charge is 2.37. The van der Waals surface area contributed by atoms with Gasteiger partial charge in [-0.1, -0.05) is 33.6 Å². The summed E-state index contributed by atoms with van der Waals surface area (Å²) in [7, 11) is 1.86. The number of aliphatic hydroxyl groups is 4. The van der Waals surface area contributed by atoms with E-state index in [-0.39, 0.29) is 13.1 Å². The quantitative estimate of drug-likeness (QED) is 0.0869. The van der Waals surface area contributed by atoms with E-state index in [4.69, 9.17) is 0 Å². The Kier molecular flexibility index (Phi) is 20.0. The number of amides is 2. The van der Waals surface area contributed by atoms with Gasteiger partial charge in [-0.05, 0) is 45.9 Å². The number of nitrogens with one attached hydrogen (secondary N) is 3. The third-order valence-corrected chi connectivity index (χ3v) is 5.82. The molecule has 11 heteroatoms. The Labute approximate surface area is 211 Å². The molecule has 0 aliphatic rings. The largest absolute Gasteiger partial charge is 0.387 e. The first-order valence-corrected chi connectivity index (χ1v) is 13.1. The van der Waals surface area contributed by atoms with Crippen LogP contribution in [-0.4, -0.2) is 132 Å². The third kappa shape index (κ3) is 14.7. The fourth-order valence-corrected chi connectivity index (χ4v) is 3.73. The van der Waals surface area contributed by atoms with E-state index in [2.05, 4.69) is 46.5 Å². The van der Waals surface area contributed by atoms with Crippen molar-refractivity contribution in [1.82, 2.24) is 25.8 Å². The van der Waals surface area contributed by atoms with Crippen molar-refractivity contribution in [2.75, 3.05) is 66.0 Å².